The van der Waals surface area contributed by atoms with Gasteiger partial charge in [-0.15, -0.1) is 0 Å². The number of aromatic nitrogens is 3. The molecule has 0 saturated heterocycles. The highest BCUT2D eigenvalue weighted by Gasteiger charge is 2.16. The van der Waals surface area contributed by atoms with Gasteiger partial charge < -0.3 is 10.1 Å². The fourth-order valence-electron chi connectivity index (χ4n) is 2.61. The number of fused-ring (bicyclic) bond motifs is 1. The van der Waals surface area contributed by atoms with Crippen molar-refractivity contribution in [3.05, 3.63) is 64.2 Å². The Labute approximate surface area is 150 Å². The summed E-state index contributed by atoms with van der Waals surface area (Å²) in [5.41, 5.74) is 0.755. The molecule has 1 N–H and O–H groups in total. The first-order valence-corrected chi connectivity index (χ1v) is 8.42. The molecule has 0 aliphatic rings. The number of aryl methyl sites for hydroxylation is 1. The lowest BCUT2D eigenvalue weighted by molar-refractivity contribution is 0.0945. The summed E-state index contributed by atoms with van der Waals surface area (Å²) in [5, 5.41) is 7.96. The van der Waals surface area contributed by atoms with E-state index in [0.29, 0.717) is 23.3 Å². The normalized spacial score (nSPS) is 10.7. The molecule has 0 fully saturated rings. The zero-order valence-electron chi connectivity index (χ0n) is 14.7. The number of nitrogens with one attached hydrogen (secondary N) is 1. The summed E-state index contributed by atoms with van der Waals surface area (Å²) < 4.78 is 6.78. The Kier molecular flexibility index (Phi) is 5.26. The molecule has 26 heavy (non-hydrogen) atoms. The van der Waals surface area contributed by atoms with Crippen LogP contribution in [0, 0.1) is 0 Å². The number of carbonyl (C=O) groups is 1. The minimum Gasteiger partial charge on any atom is -0.477 e. The number of carbonyl (C=O) groups excluding carboxylic acids is 1. The third kappa shape index (κ3) is 3.56. The van der Waals surface area contributed by atoms with Gasteiger partial charge in [0.05, 0.1) is 12.0 Å². The second-order valence-corrected chi connectivity index (χ2v) is 5.82. The van der Waals surface area contributed by atoms with Crippen LogP contribution >= 0.6 is 0 Å². The average Bonchev–Trinajstić information content (AvgIpc) is 2.68. The van der Waals surface area contributed by atoms with Crippen molar-refractivity contribution < 1.29 is 9.53 Å². The number of benzene rings is 1. The number of amides is 1. The van der Waals surface area contributed by atoms with Crippen LogP contribution in [0.1, 0.15) is 29.4 Å². The molecular formula is C19H20N4O3. The molecule has 7 nitrogen and oxygen atoms in total. The molecule has 0 radical (unpaired) electrons. The van der Waals surface area contributed by atoms with Crippen LogP contribution in [0.4, 0.5) is 0 Å². The quantitative estimate of drug-likeness (QED) is 0.734. The van der Waals surface area contributed by atoms with E-state index in [4.69, 9.17) is 4.74 Å². The molecule has 0 aliphatic carbocycles. The predicted octanol–water partition coefficient (Wildman–Crippen LogP) is 2.05. The molecule has 7 heteroatoms. The number of ether oxygens (including phenoxy) is 1. The van der Waals surface area contributed by atoms with Gasteiger partial charge in [0.25, 0.3) is 11.5 Å². The minimum absolute atomic E-state index is 0.211. The minimum atomic E-state index is -0.359. The maximum Gasteiger partial charge on any atom is 0.274 e. The van der Waals surface area contributed by atoms with Crippen LogP contribution in [0.2, 0.25) is 0 Å². The molecule has 1 amide bonds. The zero-order valence-corrected chi connectivity index (χ0v) is 14.7. The van der Waals surface area contributed by atoms with Crippen LogP contribution in [-0.2, 0) is 13.6 Å². The second-order valence-electron chi connectivity index (χ2n) is 5.82. The van der Waals surface area contributed by atoms with Crippen LogP contribution < -0.4 is 15.6 Å². The highest BCUT2D eigenvalue weighted by Crippen LogP contribution is 2.16. The second kappa shape index (κ2) is 7.77. The number of hydrogen-bond donors (Lipinski definition) is 1. The molecule has 3 rings (SSSR count). The molecule has 3 aromatic rings. The first-order chi connectivity index (χ1) is 12.6. The summed E-state index contributed by atoms with van der Waals surface area (Å²) in [6.45, 7) is 2.83. The van der Waals surface area contributed by atoms with E-state index in [9.17, 15) is 9.59 Å². The fourth-order valence-corrected chi connectivity index (χ4v) is 2.61. The number of hydrogen-bond acceptors (Lipinski definition) is 5. The van der Waals surface area contributed by atoms with Crippen LogP contribution in [-0.4, -0.2) is 27.3 Å². The van der Waals surface area contributed by atoms with Gasteiger partial charge in [-0.05, 0) is 18.6 Å². The third-order valence-corrected chi connectivity index (χ3v) is 3.90. The predicted molar refractivity (Wildman–Crippen MR) is 98.2 cm³/mol. The number of pyridine rings is 1. The van der Waals surface area contributed by atoms with Gasteiger partial charge in [-0.3, -0.25) is 9.59 Å². The van der Waals surface area contributed by atoms with Gasteiger partial charge >= 0.3 is 0 Å². The maximum absolute atomic E-state index is 12.7. The van der Waals surface area contributed by atoms with E-state index < -0.39 is 0 Å². The third-order valence-electron chi connectivity index (χ3n) is 3.90. The highest BCUT2D eigenvalue weighted by atomic mass is 16.5. The van der Waals surface area contributed by atoms with E-state index in [1.165, 1.54) is 11.7 Å². The summed E-state index contributed by atoms with van der Waals surface area (Å²) in [5.74, 6) is 0.148. The molecule has 134 valence electrons. The Morgan fingerprint density at radius 3 is 2.73 bits per heavy atom. The number of nitrogens with zero attached hydrogens (tertiary/aromatic N) is 3. The molecule has 0 unspecified atom stereocenters. The molecule has 1 aromatic carbocycles. The van der Waals surface area contributed by atoms with Crippen LogP contribution in [0.25, 0.3) is 10.8 Å². The van der Waals surface area contributed by atoms with Crippen molar-refractivity contribution in [3.63, 3.8) is 0 Å². The van der Waals surface area contributed by atoms with E-state index in [0.717, 1.165) is 12.0 Å². The van der Waals surface area contributed by atoms with Gasteiger partial charge in [0, 0.05) is 30.7 Å². The molecule has 2 heterocycles. The fraction of sp³-hybridized carbons (Fsp3) is 0.263. The van der Waals surface area contributed by atoms with Gasteiger partial charge in [0.2, 0.25) is 5.88 Å². The Morgan fingerprint density at radius 1 is 1.19 bits per heavy atom. The van der Waals surface area contributed by atoms with Crippen molar-refractivity contribution in [3.8, 4) is 5.88 Å². The van der Waals surface area contributed by atoms with Crippen LogP contribution in [0.5, 0.6) is 5.88 Å². The van der Waals surface area contributed by atoms with Crippen molar-refractivity contribution in [1.29, 1.82) is 0 Å². The zero-order chi connectivity index (χ0) is 18.5. The molecule has 0 atom stereocenters. The Bertz CT molecular complexity index is 997. The SMILES string of the molecule is CCCOc1ncccc1CNC(=O)c1nn(C)c(=O)c2ccccc12. The summed E-state index contributed by atoms with van der Waals surface area (Å²) in [6, 6.07) is 10.6. The standard InChI is InChI=1S/C19H20N4O3/c1-3-11-26-18-13(7-6-10-20-18)12-21-17(24)16-14-8-4-5-9-15(14)19(25)23(2)22-16/h4-10H,3,11-12H2,1-2H3,(H,21,24). The lowest BCUT2D eigenvalue weighted by atomic mass is 10.1. The van der Waals surface area contributed by atoms with Gasteiger partial charge in [-0.1, -0.05) is 31.2 Å². The van der Waals surface area contributed by atoms with E-state index in [2.05, 4.69) is 15.4 Å². The Hall–Kier alpha value is -3.22. The summed E-state index contributed by atoms with van der Waals surface area (Å²) in [7, 11) is 1.53. The van der Waals surface area contributed by atoms with E-state index in [-0.39, 0.29) is 23.7 Å². The number of rotatable bonds is 6. The highest BCUT2D eigenvalue weighted by molar-refractivity contribution is 6.04. The average molecular weight is 352 g/mol. The van der Waals surface area contributed by atoms with Crippen molar-refractivity contribution >= 4 is 16.7 Å². The molecule has 0 bridgehead atoms. The summed E-state index contributed by atoms with van der Waals surface area (Å²) in [4.78, 5) is 29.1. The topological polar surface area (TPSA) is 86.1 Å². The molecular weight excluding hydrogens is 332 g/mol. The van der Waals surface area contributed by atoms with Crippen molar-refractivity contribution in [2.24, 2.45) is 7.05 Å². The lowest BCUT2D eigenvalue weighted by Gasteiger charge is -2.11. The van der Waals surface area contributed by atoms with Crippen molar-refractivity contribution in [1.82, 2.24) is 20.1 Å². The molecule has 0 saturated carbocycles. The Morgan fingerprint density at radius 2 is 1.96 bits per heavy atom. The van der Waals surface area contributed by atoms with Crippen LogP contribution in [0.3, 0.4) is 0 Å². The van der Waals surface area contributed by atoms with Gasteiger partial charge in [-0.25, -0.2) is 9.67 Å². The van der Waals surface area contributed by atoms with Gasteiger partial charge in [0.15, 0.2) is 5.69 Å². The van der Waals surface area contributed by atoms with E-state index >= 15 is 0 Å². The van der Waals surface area contributed by atoms with E-state index in [1.54, 1.807) is 36.5 Å². The van der Waals surface area contributed by atoms with Gasteiger partial charge in [0.1, 0.15) is 0 Å². The first-order valence-electron chi connectivity index (χ1n) is 8.42. The Balaban J connectivity index is 1.85. The lowest BCUT2D eigenvalue weighted by Crippen LogP contribution is -2.29. The van der Waals surface area contributed by atoms with Gasteiger partial charge in [-0.2, -0.15) is 5.10 Å². The van der Waals surface area contributed by atoms with Crippen molar-refractivity contribution in [2.45, 2.75) is 19.9 Å². The molecule has 0 spiro atoms. The first kappa shape index (κ1) is 17.6. The molecule has 0 aliphatic heterocycles. The smallest absolute Gasteiger partial charge is 0.274 e. The molecule has 2 aromatic heterocycles. The van der Waals surface area contributed by atoms with Crippen LogP contribution in [0.15, 0.2) is 47.4 Å². The monoisotopic (exact) mass is 352 g/mol. The largest absolute Gasteiger partial charge is 0.477 e. The summed E-state index contributed by atoms with van der Waals surface area (Å²) in [6.07, 6.45) is 2.52. The summed E-state index contributed by atoms with van der Waals surface area (Å²) >= 11 is 0. The van der Waals surface area contributed by atoms with E-state index in [1.807, 2.05) is 13.0 Å². The van der Waals surface area contributed by atoms with Crippen molar-refractivity contribution in [2.75, 3.05) is 6.61 Å². The maximum atomic E-state index is 12.7.